The minimum absolute atomic E-state index is 0.112. The molecule has 0 radical (unpaired) electrons. The van der Waals surface area contributed by atoms with Crippen molar-refractivity contribution in [1.29, 1.82) is 0 Å². The second-order valence-electron chi connectivity index (χ2n) is 3.15. The number of hydrogen-bond donors (Lipinski definition) is 1. The molecule has 0 aromatic heterocycles. The maximum Gasteiger partial charge on any atom is 0.251 e. The zero-order chi connectivity index (χ0) is 10.1. The Kier molecular flexibility index (Phi) is 2.11. The van der Waals surface area contributed by atoms with Crippen LogP contribution >= 0.6 is 0 Å². The smallest absolute Gasteiger partial charge is 0.251 e. The molecule has 1 aromatic rings. The number of ether oxygens (including phenoxy) is 1. The standard InChI is InChI=1S/C10H10FNO2/c1-14-9-5-7-6(4-8(9)11)2-3-12-10(7)13/h4-5H,2-3H2,1H3,(H,12,13). The molecule has 14 heavy (non-hydrogen) atoms. The molecule has 4 heteroatoms. The lowest BCUT2D eigenvalue weighted by atomic mass is 10.00. The summed E-state index contributed by atoms with van der Waals surface area (Å²) in [4.78, 5) is 11.4. The molecule has 0 atom stereocenters. The number of hydrogen-bond acceptors (Lipinski definition) is 2. The zero-order valence-corrected chi connectivity index (χ0v) is 7.76. The predicted molar refractivity (Wildman–Crippen MR) is 49.0 cm³/mol. The molecule has 0 unspecified atom stereocenters. The Morgan fingerprint density at radius 2 is 2.29 bits per heavy atom. The highest BCUT2D eigenvalue weighted by Crippen LogP contribution is 2.24. The molecule has 0 spiro atoms. The van der Waals surface area contributed by atoms with Gasteiger partial charge < -0.3 is 10.1 Å². The van der Waals surface area contributed by atoms with Crippen LogP contribution in [-0.2, 0) is 6.42 Å². The van der Waals surface area contributed by atoms with Crippen LogP contribution < -0.4 is 10.1 Å². The molecule has 1 aliphatic heterocycles. The van der Waals surface area contributed by atoms with Crippen LogP contribution in [0.15, 0.2) is 12.1 Å². The van der Waals surface area contributed by atoms with Crippen LogP contribution in [0, 0.1) is 5.82 Å². The Labute approximate surface area is 80.9 Å². The Hall–Kier alpha value is -1.58. The van der Waals surface area contributed by atoms with Gasteiger partial charge in [0.25, 0.3) is 5.91 Å². The highest BCUT2D eigenvalue weighted by Gasteiger charge is 2.19. The normalized spacial score (nSPS) is 14.6. The fraction of sp³-hybridized carbons (Fsp3) is 0.300. The van der Waals surface area contributed by atoms with Crippen molar-refractivity contribution < 1.29 is 13.9 Å². The van der Waals surface area contributed by atoms with Crippen LogP contribution in [0.5, 0.6) is 5.75 Å². The van der Waals surface area contributed by atoms with E-state index in [9.17, 15) is 9.18 Å². The van der Waals surface area contributed by atoms with Gasteiger partial charge in [-0.15, -0.1) is 0 Å². The second kappa shape index (κ2) is 3.29. The summed E-state index contributed by atoms with van der Waals surface area (Å²) < 4.78 is 18.1. The van der Waals surface area contributed by atoms with Crippen LogP contribution in [0.4, 0.5) is 4.39 Å². The first-order valence-corrected chi connectivity index (χ1v) is 4.37. The number of methoxy groups -OCH3 is 1. The molecular weight excluding hydrogens is 185 g/mol. The lowest BCUT2D eigenvalue weighted by Gasteiger charge is -2.17. The van der Waals surface area contributed by atoms with Crippen molar-refractivity contribution in [2.45, 2.75) is 6.42 Å². The van der Waals surface area contributed by atoms with Crippen LogP contribution in [0.2, 0.25) is 0 Å². The van der Waals surface area contributed by atoms with Gasteiger partial charge in [-0.05, 0) is 24.1 Å². The quantitative estimate of drug-likeness (QED) is 0.729. The first-order valence-electron chi connectivity index (χ1n) is 4.37. The van der Waals surface area contributed by atoms with Crippen LogP contribution in [0.25, 0.3) is 0 Å². The van der Waals surface area contributed by atoms with Crippen molar-refractivity contribution in [3.8, 4) is 5.75 Å². The third-order valence-corrected chi connectivity index (χ3v) is 2.30. The fourth-order valence-corrected chi connectivity index (χ4v) is 1.58. The average Bonchev–Trinajstić information content (AvgIpc) is 2.17. The summed E-state index contributed by atoms with van der Waals surface area (Å²) in [6, 6.07) is 2.81. The lowest BCUT2D eigenvalue weighted by Crippen LogP contribution is -2.31. The summed E-state index contributed by atoms with van der Waals surface area (Å²) in [5, 5.41) is 2.69. The minimum Gasteiger partial charge on any atom is -0.494 e. The zero-order valence-electron chi connectivity index (χ0n) is 7.76. The molecule has 0 saturated heterocycles. The Morgan fingerprint density at radius 1 is 1.50 bits per heavy atom. The van der Waals surface area contributed by atoms with Crippen molar-refractivity contribution in [2.75, 3.05) is 13.7 Å². The Bertz CT molecular complexity index is 390. The summed E-state index contributed by atoms with van der Waals surface area (Å²) >= 11 is 0. The molecule has 0 fully saturated rings. The van der Waals surface area contributed by atoms with Crippen LogP contribution in [0.3, 0.4) is 0 Å². The molecule has 74 valence electrons. The number of carbonyl (C=O) groups is 1. The number of nitrogens with one attached hydrogen (secondary N) is 1. The SMILES string of the molecule is COc1cc2c(cc1F)CCNC2=O. The molecular formula is C10H10FNO2. The molecule has 0 saturated carbocycles. The molecule has 1 heterocycles. The minimum atomic E-state index is -0.416. The fourth-order valence-electron chi connectivity index (χ4n) is 1.58. The first-order chi connectivity index (χ1) is 6.72. The highest BCUT2D eigenvalue weighted by molar-refractivity contribution is 5.97. The number of fused-ring (bicyclic) bond motifs is 1. The highest BCUT2D eigenvalue weighted by atomic mass is 19.1. The van der Waals surface area contributed by atoms with E-state index < -0.39 is 5.82 Å². The number of carbonyl (C=O) groups excluding carboxylic acids is 1. The van der Waals surface area contributed by atoms with Crippen molar-refractivity contribution >= 4 is 5.91 Å². The molecule has 0 aliphatic carbocycles. The van der Waals surface area contributed by atoms with Crippen LogP contribution in [-0.4, -0.2) is 19.6 Å². The van der Waals surface area contributed by atoms with Crippen molar-refractivity contribution in [2.24, 2.45) is 0 Å². The Balaban J connectivity index is 2.54. The molecule has 1 aliphatic rings. The second-order valence-corrected chi connectivity index (χ2v) is 3.15. The van der Waals surface area contributed by atoms with Gasteiger partial charge in [0.2, 0.25) is 0 Å². The van der Waals surface area contributed by atoms with Crippen molar-refractivity contribution in [3.05, 3.63) is 29.1 Å². The van der Waals surface area contributed by atoms with Gasteiger partial charge >= 0.3 is 0 Å². The van der Waals surface area contributed by atoms with E-state index in [1.807, 2.05) is 0 Å². The van der Waals surface area contributed by atoms with E-state index in [0.717, 1.165) is 5.56 Å². The average molecular weight is 195 g/mol. The number of amides is 1. The third kappa shape index (κ3) is 1.32. The van der Waals surface area contributed by atoms with E-state index in [-0.39, 0.29) is 11.7 Å². The summed E-state index contributed by atoms with van der Waals surface area (Å²) in [5.41, 5.74) is 1.25. The maximum absolute atomic E-state index is 13.2. The maximum atomic E-state index is 13.2. The van der Waals surface area contributed by atoms with E-state index in [0.29, 0.717) is 18.5 Å². The third-order valence-electron chi connectivity index (χ3n) is 2.30. The van der Waals surface area contributed by atoms with Crippen molar-refractivity contribution in [3.63, 3.8) is 0 Å². The van der Waals surface area contributed by atoms with Crippen LogP contribution in [0.1, 0.15) is 15.9 Å². The van der Waals surface area contributed by atoms with E-state index in [4.69, 9.17) is 4.74 Å². The van der Waals surface area contributed by atoms with Gasteiger partial charge in [0.15, 0.2) is 11.6 Å². The number of halogens is 1. The predicted octanol–water partition coefficient (Wildman–Crippen LogP) is 1.12. The van der Waals surface area contributed by atoms with Gasteiger partial charge in [-0.25, -0.2) is 4.39 Å². The van der Waals surface area contributed by atoms with Crippen molar-refractivity contribution in [1.82, 2.24) is 5.32 Å². The molecule has 3 nitrogen and oxygen atoms in total. The summed E-state index contributed by atoms with van der Waals surface area (Å²) in [6.07, 6.45) is 0.669. The molecule has 1 amide bonds. The van der Waals surface area contributed by atoms with E-state index >= 15 is 0 Å². The van der Waals surface area contributed by atoms with E-state index in [2.05, 4.69) is 5.32 Å². The Morgan fingerprint density at radius 3 is 3.00 bits per heavy atom. The number of rotatable bonds is 1. The van der Waals surface area contributed by atoms with Gasteiger partial charge in [0.1, 0.15) is 0 Å². The number of benzene rings is 1. The first kappa shape index (κ1) is 8.99. The monoisotopic (exact) mass is 195 g/mol. The summed E-state index contributed by atoms with van der Waals surface area (Å²) in [5.74, 6) is -0.466. The van der Waals surface area contributed by atoms with Gasteiger partial charge in [0.05, 0.1) is 7.11 Å². The molecule has 0 bridgehead atoms. The summed E-state index contributed by atoms with van der Waals surface area (Å²) in [7, 11) is 1.38. The molecule has 2 rings (SSSR count). The largest absolute Gasteiger partial charge is 0.494 e. The van der Waals surface area contributed by atoms with Gasteiger partial charge in [-0.2, -0.15) is 0 Å². The van der Waals surface area contributed by atoms with E-state index in [1.165, 1.54) is 19.2 Å². The topological polar surface area (TPSA) is 38.3 Å². The lowest BCUT2D eigenvalue weighted by molar-refractivity contribution is 0.0945. The molecule has 1 aromatic carbocycles. The van der Waals surface area contributed by atoms with Gasteiger partial charge in [0, 0.05) is 12.1 Å². The molecule has 1 N–H and O–H groups in total. The van der Waals surface area contributed by atoms with Gasteiger partial charge in [-0.1, -0.05) is 0 Å². The van der Waals surface area contributed by atoms with Gasteiger partial charge in [-0.3, -0.25) is 4.79 Å². The summed E-state index contributed by atoms with van der Waals surface area (Å²) in [6.45, 7) is 0.567. The van der Waals surface area contributed by atoms with E-state index in [1.54, 1.807) is 0 Å².